The van der Waals surface area contributed by atoms with Crippen LogP contribution in [-0.4, -0.2) is 58.2 Å². The summed E-state index contributed by atoms with van der Waals surface area (Å²) in [5.74, 6) is 1.25. The van der Waals surface area contributed by atoms with Gasteiger partial charge in [-0.2, -0.15) is 0 Å². The number of hydrogen-bond acceptors (Lipinski definition) is 7. The summed E-state index contributed by atoms with van der Waals surface area (Å²) < 4.78 is 12.8. The Hall–Kier alpha value is -3.24. The SMILES string of the molecule is Cc1ccc(C(CNC(=O)c2cnc3c(c2)c(=O)[nH]c(=O)n3C2CC2)N2CCOCC2)o1. The van der Waals surface area contributed by atoms with E-state index in [1.807, 2.05) is 19.1 Å². The number of rotatable bonds is 6. The number of furan rings is 1. The van der Waals surface area contributed by atoms with Crippen molar-refractivity contribution in [2.75, 3.05) is 32.8 Å². The van der Waals surface area contributed by atoms with Gasteiger partial charge in [0.15, 0.2) is 0 Å². The molecule has 1 aliphatic heterocycles. The average molecular weight is 439 g/mol. The largest absolute Gasteiger partial charge is 0.465 e. The van der Waals surface area contributed by atoms with Crippen LogP contribution >= 0.6 is 0 Å². The Morgan fingerprint density at radius 1 is 1.28 bits per heavy atom. The molecule has 0 bridgehead atoms. The van der Waals surface area contributed by atoms with Crippen molar-refractivity contribution < 1.29 is 13.9 Å². The first-order chi connectivity index (χ1) is 15.5. The van der Waals surface area contributed by atoms with Crippen LogP contribution in [0.15, 0.2) is 38.4 Å². The van der Waals surface area contributed by atoms with E-state index >= 15 is 0 Å². The standard InChI is InChI=1S/C22H25N5O5/c1-13-2-5-18(32-13)17(26-6-8-31-9-7-26)12-24-20(28)14-10-16-19(23-11-14)27(15-3-4-15)22(30)25-21(16)29/h2,5,10-11,15,17H,3-4,6-9,12H2,1H3,(H,24,28)(H,25,29,30). The maximum absolute atomic E-state index is 12.9. The second-order valence-electron chi connectivity index (χ2n) is 8.28. The molecule has 0 aromatic carbocycles. The minimum Gasteiger partial charge on any atom is -0.465 e. The third kappa shape index (κ3) is 3.98. The molecule has 10 nitrogen and oxygen atoms in total. The Kier molecular flexibility index (Phi) is 5.40. The van der Waals surface area contributed by atoms with Gasteiger partial charge in [0, 0.05) is 31.9 Å². The summed E-state index contributed by atoms with van der Waals surface area (Å²) >= 11 is 0. The number of pyridine rings is 1. The monoisotopic (exact) mass is 439 g/mol. The van der Waals surface area contributed by atoms with Crippen LogP contribution in [0.3, 0.4) is 0 Å². The van der Waals surface area contributed by atoms with Gasteiger partial charge >= 0.3 is 5.69 Å². The van der Waals surface area contributed by atoms with E-state index in [1.54, 1.807) is 0 Å². The molecule has 1 unspecified atom stereocenters. The fraction of sp³-hybridized carbons (Fsp3) is 0.455. The molecular weight excluding hydrogens is 414 g/mol. The number of aromatic amines is 1. The van der Waals surface area contributed by atoms with Gasteiger partial charge in [-0.25, -0.2) is 9.78 Å². The van der Waals surface area contributed by atoms with Crippen LogP contribution in [0.1, 0.15) is 46.8 Å². The number of nitrogens with zero attached hydrogens (tertiary/aromatic N) is 3. The highest BCUT2D eigenvalue weighted by Gasteiger charge is 2.28. The predicted molar refractivity (Wildman–Crippen MR) is 116 cm³/mol. The molecule has 2 aliphatic rings. The smallest absolute Gasteiger partial charge is 0.330 e. The highest BCUT2D eigenvalue weighted by molar-refractivity contribution is 5.96. The van der Waals surface area contributed by atoms with Gasteiger partial charge in [0.25, 0.3) is 11.5 Å². The molecule has 1 atom stereocenters. The summed E-state index contributed by atoms with van der Waals surface area (Å²) in [5.41, 5.74) is -0.423. The quantitative estimate of drug-likeness (QED) is 0.590. The highest BCUT2D eigenvalue weighted by atomic mass is 16.5. The number of aromatic nitrogens is 3. The summed E-state index contributed by atoms with van der Waals surface area (Å²) in [6.45, 7) is 4.96. The summed E-state index contributed by atoms with van der Waals surface area (Å²) in [6.07, 6.45) is 3.16. The third-order valence-corrected chi connectivity index (χ3v) is 5.98. The van der Waals surface area contributed by atoms with Gasteiger partial charge in [-0.05, 0) is 38.0 Å². The molecule has 168 valence electrons. The summed E-state index contributed by atoms with van der Waals surface area (Å²) in [5, 5.41) is 3.18. The molecule has 1 aliphatic carbocycles. The number of fused-ring (bicyclic) bond motifs is 1. The zero-order valence-electron chi connectivity index (χ0n) is 17.8. The Balaban J connectivity index is 1.38. The van der Waals surface area contributed by atoms with Crippen LogP contribution in [0.5, 0.6) is 0 Å². The molecule has 3 aromatic heterocycles. The van der Waals surface area contributed by atoms with E-state index in [1.165, 1.54) is 16.8 Å². The van der Waals surface area contributed by atoms with Crippen molar-refractivity contribution in [3.05, 3.63) is 62.3 Å². The van der Waals surface area contributed by atoms with E-state index in [9.17, 15) is 14.4 Å². The van der Waals surface area contributed by atoms with Gasteiger partial charge in [0.1, 0.15) is 17.2 Å². The van der Waals surface area contributed by atoms with Crippen molar-refractivity contribution in [1.29, 1.82) is 0 Å². The topological polar surface area (TPSA) is 122 Å². The Labute approximate surface area is 183 Å². The fourth-order valence-electron chi connectivity index (χ4n) is 4.16. The van der Waals surface area contributed by atoms with Gasteiger partial charge < -0.3 is 14.5 Å². The number of carbonyl (C=O) groups excluding carboxylic acids is 1. The van der Waals surface area contributed by atoms with Crippen molar-refractivity contribution in [3.8, 4) is 0 Å². The minimum absolute atomic E-state index is 0.0556. The molecule has 2 N–H and O–H groups in total. The zero-order chi connectivity index (χ0) is 22.2. The number of hydrogen-bond donors (Lipinski definition) is 2. The summed E-state index contributed by atoms with van der Waals surface area (Å²) in [4.78, 5) is 46.3. The van der Waals surface area contributed by atoms with Gasteiger partial charge in [-0.3, -0.25) is 24.0 Å². The van der Waals surface area contributed by atoms with E-state index in [0.717, 1.165) is 37.5 Å². The van der Waals surface area contributed by atoms with Gasteiger partial charge in [0.2, 0.25) is 0 Å². The normalized spacial score (nSPS) is 18.0. The second kappa shape index (κ2) is 8.36. The zero-order valence-corrected chi connectivity index (χ0v) is 17.8. The van der Waals surface area contributed by atoms with Crippen molar-refractivity contribution in [1.82, 2.24) is 24.8 Å². The first kappa shape index (κ1) is 20.7. The van der Waals surface area contributed by atoms with E-state index in [0.29, 0.717) is 25.4 Å². The molecule has 2 fully saturated rings. The maximum Gasteiger partial charge on any atom is 0.330 e. The number of carbonyl (C=O) groups is 1. The number of morpholine rings is 1. The van der Waals surface area contributed by atoms with E-state index in [4.69, 9.17) is 9.15 Å². The number of ether oxygens (including phenoxy) is 1. The fourth-order valence-corrected chi connectivity index (χ4v) is 4.16. The molecule has 5 rings (SSSR count). The number of amides is 1. The number of H-pyrrole nitrogens is 1. The van der Waals surface area contributed by atoms with Crippen molar-refractivity contribution in [3.63, 3.8) is 0 Å². The van der Waals surface area contributed by atoms with Crippen molar-refractivity contribution in [2.24, 2.45) is 0 Å². The Bertz CT molecular complexity index is 1270. The lowest BCUT2D eigenvalue weighted by molar-refractivity contribution is 0.0117. The van der Waals surface area contributed by atoms with Crippen LogP contribution in [0.2, 0.25) is 0 Å². The van der Waals surface area contributed by atoms with E-state index in [2.05, 4.69) is 20.2 Å². The minimum atomic E-state index is -0.540. The summed E-state index contributed by atoms with van der Waals surface area (Å²) in [7, 11) is 0. The molecule has 0 spiro atoms. The molecule has 1 saturated carbocycles. The second-order valence-corrected chi connectivity index (χ2v) is 8.28. The Morgan fingerprint density at radius 3 is 2.75 bits per heavy atom. The maximum atomic E-state index is 12.9. The van der Waals surface area contributed by atoms with Crippen LogP contribution in [0, 0.1) is 6.92 Å². The van der Waals surface area contributed by atoms with Crippen LogP contribution in [0.4, 0.5) is 0 Å². The molecule has 1 saturated heterocycles. The first-order valence-corrected chi connectivity index (χ1v) is 10.8. The van der Waals surface area contributed by atoms with Crippen LogP contribution in [-0.2, 0) is 4.74 Å². The van der Waals surface area contributed by atoms with E-state index in [-0.39, 0.29) is 28.9 Å². The average Bonchev–Trinajstić information content (AvgIpc) is 3.54. The first-order valence-electron chi connectivity index (χ1n) is 10.8. The lowest BCUT2D eigenvalue weighted by Crippen LogP contribution is -2.43. The van der Waals surface area contributed by atoms with E-state index < -0.39 is 11.2 Å². The van der Waals surface area contributed by atoms with Crippen molar-refractivity contribution in [2.45, 2.75) is 31.8 Å². The number of aryl methyl sites for hydroxylation is 1. The number of nitrogens with one attached hydrogen (secondary N) is 2. The highest BCUT2D eigenvalue weighted by Crippen LogP contribution is 2.34. The van der Waals surface area contributed by atoms with Crippen LogP contribution < -0.4 is 16.6 Å². The van der Waals surface area contributed by atoms with Crippen LogP contribution in [0.25, 0.3) is 11.0 Å². The third-order valence-electron chi connectivity index (χ3n) is 5.98. The predicted octanol–water partition coefficient (Wildman–Crippen LogP) is 1.12. The molecule has 1 amide bonds. The van der Waals surface area contributed by atoms with Crippen molar-refractivity contribution >= 4 is 16.9 Å². The molecule has 3 aromatic rings. The van der Waals surface area contributed by atoms with Gasteiger partial charge in [-0.15, -0.1) is 0 Å². The molecule has 10 heteroatoms. The Morgan fingerprint density at radius 2 is 2.06 bits per heavy atom. The molecule has 0 radical (unpaired) electrons. The summed E-state index contributed by atoms with van der Waals surface area (Å²) in [6, 6.07) is 5.25. The lowest BCUT2D eigenvalue weighted by Gasteiger charge is -2.33. The van der Waals surface area contributed by atoms with Gasteiger partial charge in [0.05, 0.1) is 30.2 Å². The molecule has 4 heterocycles. The van der Waals surface area contributed by atoms with Gasteiger partial charge in [-0.1, -0.05) is 0 Å². The molecule has 32 heavy (non-hydrogen) atoms. The lowest BCUT2D eigenvalue weighted by atomic mass is 10.1. The molecular formula is C22H25N5O5.